The summed E-state index contributed by atoms with van der Waals surface area (Å²) < 4.78 is 3.92. The Balaban J connectivity index is 0.986. The molecule has 0 N–H and O–H groups in total. The van der Waals surface area contributed by atoms with Crippen molar-refractivity contribution in [1.29, 1.82) is 0 Å². The zero-order valence-corrected chi connectivity index (χ0v) is 35.0. The zero-order valence-electron chi connectivity index (χ0n) is 34.2. The van der Waals surface area contributed by atoms with E-state index < -0.39 is 0 Å². The summed E-state index contributed by atoms with van der Waals surface area (Å²) >= 11 is 1.94. The van der Waals surface area contributed by atoms with Gasteiger partial charge in [0.05, 0.1) is 27.8 Å². The fraction of sp³-hybridized carbons (Fsp3) is 0.214. The van der Waals surface area contributed by atoms with Gasteiger partial charge in [0.15, 0.2) is 0 Å². The molecule has 2 aromatic heterocycles. The first-order chi connectivity index (χ1) is 28.8. The predicted octanol–water partition coefficient (Wildman–Crippen LogP) is 14.7. The Labute approximate surface area is 351 Å². The molecule has 59 heavy (non-hydrogen) atoms. The van der Waals surface area contributed by atoms with Gasteiger partial charge in [-0.1, -0.05) is 135 Å². The maximum Gasteiger partial charge on any atom is 0.0636 e. The lowest BCUT2D eigenvalue weighted by Gasteiger charge is -2.52. The summed E-state index contributed by atoms with van der Waals surface area (Å²) in [7, 11) is 0. The van der Waals surface area contributed by atoms with Crippen molar-refractivity contribution in [3.8, 4) is 5.69 Å². The number of para-hydroxylation sites is 2. The third-order valence-corrected chi connectivity index (χ3v) is 16.2. The van der Waals surface area contributed by atoms with Gasteiger partial charge in [-0.3, -0.25) is 0 Å². The Hall–Kier alpha value is -5.90. The number of aromatic nitrogens is 1. The minimum atomic E-state index is -0.0964. The number of fused-ring (bicyclic) bond motifs is 10. The van der Waals surface area contributed by atoms with E-state index in [2.05, 4.69) is 207 Å². The van der Waals surface area contributed by atoms with Gasteiger partial charge in [0, 0.05) is 43.3 Å². The molecule has 12 rings (SSSR count). The molecule has 1 fully saturated rings. The topological polar surface area (TPSA) is 8.17 Å². The molecule has 6 aromatic carbocycles. The number of nitrogens with zero attached hydrogens (tertiary/aromatic N) is 2. The lowest BCUT2D eigenvalue weighted by molar-refractivity contribution is 0.235. The van der Waals surface area contributed by atoms with Crippen LogP contribution in [0.5, 0.6) is 0 Å². The Morgan fingerprint density at radius 1 is 0.678 bits per heavy atom. The Kier molecular flexibility index (Phi) is 7.61. The summed E-state index contributed by atoms with van der Waals surface area (Å²) in [5, 5.41) is 6.65. The second-order valence-electron chi connectivity index (χ2n) is 18.1. The van der Waals surface area contributed by atoms with Crippen molar-refractivity contribution in [2.75, 3.05) is 4.90 Å². The SMILES string of the molecule is CC1Cc2c(sc3ccccc23)C=C1c1ccc(-n2c3ccccc3c3cc(C4C=CC5C6=CC=CCC6(C)N(c6ccccc6)C5(C)C4C)ccc32)c2ccccc12. The number of anilines is 1. The molecule has 288 valence electrons. The highest BCUT2D eigenvalue weighted by Crippen LogP contribution is 2.61. The summed E-state index contributed by atoms with van der Waals surface area (Å²) in [4.78, 5) is 4.21. The van der Waals surface area contributed by atoms with E-state index in [0.29, 0.717) is 17.8 Å². The van der Waals surface area contributed by atoms with Crippen LogP contribution in [0.1, 0.15) is 61.6 Å². The van der Waals surface area contributed by atoms with Crippen LogP contribution in [0.4, 0.5) is 5.69 Å². The molecule has 0 saturated carbocycles. The summed E-state index contributed by atoms with van der Waals surface area (Å²) in [6.07, 6.45) is 16.8. The molecular formula is C56H48N2S. The smallest absolute Gasteiger partial charge is 0.0636 e. The maximum atomic E-state index is 2.80. The van der Waals surface area contributed by atoms with Crippen molar-refractivity contribution in [3.63, 3.8) is 0 Å². The maximum absolute atomic E-state index is 2.80. The van der Waals surface area contributed by atoms with Crippen LogP contribution in [0.15, 0.2) is 169 Å². The van der Waals surface area contributed by atoms with Crippen LogP contribution in [-0.4, -0.2) is 15.6 Å². The average molecular weight is 781 g/mol. The van der Waals surface area contributed by atoms with Crippen LogP contribution < -0.4 is 4.90 Å². The fourth-order valence-electron chi connectivity index (χ4n) is 12.2. The first-order valence-corrected chi connectivity index (χ1v) is 22.3. The minimum absolute atomic E-state index is 0.0637. The van der Waals surface area contributed by atoms with Crippen molar-refractivity contribution in [2.45, 2.75) is 57.5 Å². The largest absolute Gasteiger partial charge is 0.355 e. The number of thiophene rings is 1. The van der Waals surface area contributed by atoms with E-state index >= 15 is 0 Å². The molecule has 6 unspecified atom stereocenters. The highest BCUT2D eigenvalue weighted by atomic mass is 32.1. The van der Waals surface area contributed by atoms with Crippen LogP contribution in [0.25, 0.3) is 60.0 Å². The molecule has 0 amide bonds. The monoisotopic (exact) mass is 780 g/mol. The molecule has 3 aliphatic carbocycles. The summed E-state index contributed by atoms with van der Waals surface area (Å²) in [6.45, 7) is 9.93. The molecule has 6 atom stereocenters. The van der Waals surface area contributed by atoms with Gasteiger partial charge in [0.1, 0.15) is 0 Å². The van der Waals surface area contributed by atoms with E-state index in [9.17, 15) is 0 Å². The van der Waals surface area contributed by atoms with Gasteiger partial charge in [0.2, 0.25) is 0 Å². The highest BCUT2D eigenvalue weighted by Gasteiger charge is 2.62. The highest BCUT2D eigenvalue weighted by molar-refractivity contribution is 7.20. The normalized spacial score (nSPS) is 26.0. The van der Waals surface area contributed by atoms with Crippen molar-refractivity contribution >= 4 is 71.3 Å². The number of benzene rings is 6. The number of allylic oxidation sites excluding steroid dienone is 4. The van der Waals surface area contributed by atoms with E-state index in [-0.39, 0.29) is 17.0 Å². The van der Waals surface area contributed by atoms with Crippen LogP contribution in [-0.2, 0) is 6.42 Å². The molecule has 0 bridgehead atoms. The van der Waals surface area contributed by atoms with Crippen LogP contribution in [0.3, 0.4) is 0 Å². The molecule has 0 radical (unpaired) electrons. The first-order valence-electron chi connectivity index (χ1n) is 21.5. The molecule has 2 nitrogen and oxygen atoms in total. The van der Waals surface area contributed by atoms with Crippen molar-refractivity contribution in [2.24, 2.45) is 17.8 Å². The second-order valence-corrected chi connectivity index (χ2v) is 19.1. The van der Waals surface area contributed by atoms with E-state index in [1.807, 2.05) is 11.3 Å². The van der Waals surface area contributed by atoms with Crippen LogP contribution in [0.2, 0.25) is 0 Å². The Morgan fingerprint density at radius 2 is 1.41 bits per heavy atom. The van der Waals surface area contributed by atoms with E-state index in [1.54, 1.807) is 5.57 Å². The standard InChI is InChI=1S/C56H48N2S/c1-35-32-47-44-21-11-13-24-53(44)59-54(47)34-45(35)41-27-30-51(42-19-9-8-18-40(41)42)57-50-23-12-10-20-43(50)46-33-37(25-29-52(46)57)39-26-28-49-48-22-14-15-31-55(48,3)58(56(49,4)36(39)2)38-16-6-5-7-17-38/h5-30,33-36,39,49H,31-32H2,1-4H3. The van der Waals surface area contributed by atoms with Gasteiger partial charge in [-0.15, -0.1) is 11.3 Å². The molecule has 3 heteroatoms. The van der Waals surface area contributed by atoms with Gasteiger partial charge >= 0.3 is 0 Å². The third kappa shape index (κ3) is 4.86. The minimum Gasteiger partial charge on any atom is -0.355 e. The molecule has 8 aromatic rings. The molecular weight excluding hydrogens is 733 g/mol. The van der Waals surface area contributed by atoms with Crippen molar-refractivity contribution in [1.82, 2.24) is 4.57 Å². The average Bonchev–Trinajstić information content (AvgIpc) is 3.86. The lowest BCUT2D eigenvalue weighted by Crippen LogP contribution is -2.58. The van der Waals surface area contributed by atoms with Gasteiger partial charge in [0.25, 0.3) is 0 Å². The van der Waals surface area contributed by atoms with Crippen LogP contribution >= 0.6 is 11.3 Å². The van der Waals surface area contributed by atoms with Gasteiger partial charge in [-0.25, -0.2) is 0 Å². The summed E-state index contributed by atoms with van der Waals surface area (Å²) in [5.74, 6) is 1.42. The lowest BCUT2D eigenvalue weighted by atomic mass is 9.64. The Bertz CT molecular complexity index is 3150. The van der Waals surface area contributed by atoms with Crippen LogP contribution in [0, 0.1) is 17.8 Å². The summed E-state index contributed by atoms with van der Waals surface area (Å²) in [6, 6.07) is 50.4. The Morgan fingerprint density at radius 3 is 2.25 bits per heavy atom. The quantitative estimate of drug-likeness (QED) is 0.162. The predicted molar refractivity (Wildman–Crippen MR) is 253 cm³/mol. The molecule has 1 aliphatic heterocycles. The number of hydrogen-bond donors (Lipinski definition) is 0. The van der Waals surface area contributed by atoms with E-state index in [0.717, 1.165) is 12.8 Å². The molecule has 4 aliphatic rings. The number of rotatable bonds is 4. The molecule has 1 saturated heterocycles. The summed E-state index contributed by atoms with van der Waals surface area (Å²) in [5.41, 5.74) is 12.1. The zero-order chi connectivity index (χ0) is 39.6. The number of hydrogen-bond acceptors (Lipinski definition) is 2. The van der Waals surface area contributed by atoms with Crippen molar-refractivity contribution < 1.29 is 0 Å². The molecule has 3 heterocycles. The molecule has 0 spiro atoms. The van der Waals surface area contributed by atoms with Gasteiger partial charge in [-0.2, -0.15) is 0 Å². The first kappa shape index (κ1) is 35.1. The fourth-order valence-corrected chi connectivity index (χ4v) is 13.4. The van der Waals surface area contributed by atoms with E-state index in [1.165, 1.54) is 81.2 Å². The van der Waals surface area contributed by atoms with Gasteiger partial charge in [-0.05, 0) is 126 Å². The van der Waals surface area contributed by atoms with Crippen molar-refractivity contribution in [3.05, 3.63) is 191 Å². The second kappa shape index (κ2) is 12.8. The van der Waals surface area contributed by atoms with E-state index in [4.69, 9.17) is 0 Å². The third-order valence-electron chi connectivity index (χ3n) is 15.1. The van der Waals surface area contributed by atoms with Gasteiger partial charge < -0.3 is 9.47 Å².